The van der Waals surface area contributed by atoms with E-state index in [1.807, 2.05) is 4.90 Å². The van der Waals surface area contributed by atoms with E-state index in [2.05, 4.69) is 63.1 Å². The highest BCUT2D eigenvalue weighted by Gasteiger charge is 2.25. The van der Waals surface area contributed by atoms with Gasteiger partial charge in [-0.05, 0) is 52.9 Å². The van der Waals surface area contributed by atoms with E-state index in [-0.39, 0.29) is 5.91 Å². The van der Waals surface area contributed by atoms with Crippen LogP contribution >= 0.6 is 27.3 Å². The van der Waals surface area contributed by atoms with Crippen LogP contribution in [0.2, 0.25) is 0 Å². The van der Waals surface area contributed by atoms with Crippen molar-refractivity contribution >= 4 is 43.4 Å². The quantitative estimate of drug-likeness (QED) is 0.600. The Kier molecular flexibility index (Phi) is 4.22. The van der Waals surface area contributed by atoms with Crippen LogP contribution in [-0.4, -0.2) is 28.5 Å². The molecular weight excluding hydrogens is 384 g/mol. The number of rotatable bonds is 3. The van der Waals surface area contributed by atoms with E-state index in [0.717, 1.165) is 52.9 Å². The Labute approximate surface area is 154 Å². The molecular formula is C19H19BrN2OS. The molecule has 1 aliphatic rings. The Morgan fingerprint density at radius 1 is 1.25 bits per heavy atom. The molecule has 5 heteroatoms. The monoisotopic (exact) mass is 402 g/mol. The summed E-state index contributed by atoms with van der Waals surface area (Å²) in [4.78, 5) is 15.0. The van der Waals surface area contributed by atoms with Gasteiger partial charge in [-0.3, -0.25) is 4.79 Å². The fourth-order valence-electron chi connectivity index (χ4n) is 3.41. The van der Waals surface area contributed by atoms with Crippen molar-refractivity contribution in [2.75, 3.05) is 13.1 Å². The van der Waals surface area contributed by atoms with Gasteiger partial charge < -0.3 is 9.47 Å². The van der Waals surface area contributed by atoms with Crippen LogP contribution < -0.4 is 0 Å². The second-order valence-electron chi connectivity index (χ2n) is 6.34. The Hall–Kier alpha value is -1.59. The van der Waals surface area contributed by atoms with E-state index >= 15 is 0 Å². The van der Waals surface area contributed by atoms with Gasteiger partial charge in [-0.25, -0.2) is 0 Å². The number of carbonyl (C=O) groups excluding carboxylic acids is 1. The first kappa shape index (κ1) is 15.9. The van der Waals surface area contributed by atoms with Crippen LogP contribution in [0.5, 0.6) is 0 Å². The smallest absolute Gasteiger partial charge is 0.270 e. The van der Waals surface area contributed by atoms with E-state index < -0.39 is 0 Å². The summed E-state index contributed by atoms with van der Waals surface area (Å²) < 4.78 is 4.41. The maximum absolute atomic E-state index is 13.0. The van der Waals surface area contributed by atoms with Crippen molar-refractivity contribution in [1.29, 1.82) is 0 Å². The third-order valence-electron chi connectivity index (χ3n) is 4.78. The molecule has 1 aliphatic heterocycles. The molecule has 24 heavy (non-hydrogen) atoms. The summed E-state index contributed by atoms with van der Waals surface area (Å²) in [5.74, 6) is 0.163. The maximum Gasteiger partial charge on any atom is 0.270 e. The first-order valence-corrected chi connectivity index (χ1v) is 9.92. The standard InChI is InChI=1S/C19H19BrN2OS/c1-13-6-2-3-7-14(13)11-22-16(19(23)21-8-4-5-9-21)10-17-18(22)15(20)12-24-17/h2-3,6-7,10,12H,4-5,8-9,11H2,1H3. The van der Waals surface area contributed by atoms with Gasteiger partial charge >= 0.3 is 0 Å². The molecule has 0 N–H and O–H groups in total. The van der Waals surface area contributed by atoms with E-state index in [4.69, 9.17) is 0 Å². The molecule has 0 radical (unpaired) electrons. The number of halogens is 1. The second-order valence-corrected chi connectivity index (χ2v) is 8.10. The van der Waals surface area contributed by atoms with Crippen molar-refractivity contribution in [3.8, 4) is 0 Å². The van der Waals surface area contributed by atoms with Crippen LogP contribution in [0.15, 0.2) is 40.2 Å². The van der Waals surface area contributed by atoms with E-state index in [9.17, 15) is 4.79 Å². The number of aromatic nitrogens is 1. The van der Waals surface area contributed by atoms with Crippen LogP contribution in [0.3, 0.4) is 0 Å². The highest BCUT2D eigenvalue weighted by molar-refractivity contribution is 9.10. The largest absolute Gasteiger partial charge is 0.337 e. The normalized spacial score (nSPS) is 14.7. The molecule has 1 aromatic carbocycles. The lowest BCUT2D eigenvalue weighted by molar-refractivity contribution is 0.0783. The van der Waals surface area contributed by atoms with Crippen LogP contribution in [-0.2, 0) is 6.54 Å². The summed E-state index contributed by atoms with van der Waals surface area (Å²) in [5.41, 5.74) is 4.45. The number of nitrogens with zero attached hydrogens (tertiary/aromatic N) is 2. The average molecular weight is 403 g/mol. The molecule has 0 atom stereocenters. The van der Waals surface area contributed by atoms with Gasteiger partial charge in [0, 0.05) is 25.0 Å². The Morgan fingerprint density at radius 3 is 2.75 bits per heavy atom. The molecule has 0 bridgehead atoms. The van der Waals surface area contributed by atoms with Gasteiger partial charge in [0.1, 0.15) is 5.69 Å². The number of hydrogen-bond acceptors (Lipinski definition) is 2. The lowest BCUT2D eigenvalue weighted by Crippen LogP contribution is -2.29. The van der Waals surface area contributed by atoms with Crippen molar-refractivity contribution in [3.05, 3.63) is 57.0 Å². The summed E-state index contributed by atoms with van der Waals surface area (Å²) in [5, 5.41) is 2.10. The van der Waals surface area contributed by atoms with Crippen molar-refractivity contribution in [2.45, 2.75) is 26.3 Å². The lowest BCUT2D eigenvalue weighted by atomic mass is 10.1. The minimum atomic E-state index is 0.163. The predicted octanol–water partition coefficient (Wildman–Crippen LogP) is 5.06. The highest BCUT2D eigenvalue weighted by atomic mass is 79.9. The average Bonchev–Trinajstić information content (AvgIpc) is 3.29. The molecule has 1 fully saturated rings. The van der Waals surface area contributed by atoms with Crippen LogP contribution in [0.1, 0.15) is 34.5 Å². The minimum absolute atomic E-state index is 0.163. The summed E-state index contributed by atoms with van der Waals surface area (Å²) in [6.07, 6.45) is 2.23. The first-order chi connectivity index (χ1) is 11.6. The van der Waals surface area contributed by atoms with Crippen molar-refractivity contribution in [3.63, 3.8) is 0 Å². The summed E-state index contributed by atoms with van der Waals surface area (Å²) in [7, 11) is 0. The predicted molar refractivity (Wildman–Crippen MR) is 103 cm³/mol. The number of benzene rings is 1. The summed E-state index contributed by atoms with van der Waals surface area (Å²) in [6, 6.07) is 10.4. The molecule has 1 saturated heterocycles. The SMILES string of the molecule is Cc1ccccc1Cn1c(C(=O)N2CCCC2)cc2scc(Br)c21. The third-order valence-corrected chi connectivity index (χ3v) is 6.61. The molecule has 3 aromatic rings. The van der Waals surface area contributed by atoms with Crippen LogP contribution in [0.25, 0.3) is 10.2 Å². The molecule has 3 heterocycles. The molecule has 3 nitrogen and oxygen atoms in total. The Bertz CT molecular complexity index is 905. The zero-order valence-corrected chi connectivity index (χ0v) is 16.0. The highest BCUT2D eigenvalue weighted by Crippen LogP contribution is 2.34. The number of likely N-dealkylation sites (tertiary alicyclic amines) is 1. The van der Waals surface area contributed by atoms with E-state index in [1.165, 1.54) is 11.1 Å². The third kappa shape index (κ3) is 2.70. The van der Waals surface area contributed by atoms with Gasteiger partial charge in [0.25, 0.3) is 5.91 Å². The molecule has 0 aliphatic carbocycles. The number of thiophene rings is 1. The van der Waals surface area contributed by atoms with Gasteiger partial charge in [0.05, 0.1) is 14.7 Å². The zero-order valence-electron chi connectivity index (χ0n) is 13.6. The minimum Gasteiger partial charge on any atom is -0.337 e. The number of amides is 1. The molecule has 0 saturated carbocycles. The fraction of sp³-hybridized carbons (Fsp3) is 0.316. The van der Waals surface area contributed by atoms with Crippen LogP contribution in [0.4, 0.5) is 0 Å². The Morgan fingerprint density at radius 2 is 2.00 bits per heavy atom. The van der Waals surface area contributed by atoms with Gasteiger partial charge in [-0.15, -0.1) is 11.3 Å². The molecule has 1 amide bonds. The molecule has 124 valence electrons. The second kappa shape index (κ2) is 6.37. The van der Waals surface area contributed by atoms with E-state index in [0.29, 0.717) is 0 Å². The van der Waals surface area contributed by atoms with E-state index in [1.54, 1.807) is 11.3 Å². The Balaban J connectivity index is 1.82. The summed E-state index contributed by atoms with van der Waals surface area (Å²) >= 11 is 5.35. The number of hydrogen-bond donors (Lipinski definition) is 0. The number of carbonyl (C=O) groups is 1. The molecule has 0 unspecified atom stereocenters. The molecule has 4 rings (SSSR count). The summed E-state index contributed by atoms with van der Waals surface area (Å²) in [6.45, 7) is 4.60. The fourth-order valence-corrected chi connectivity index (χ4v) is 5.11. The maximum atomic E-state index is 13.0. The van der Waals surface area contributed by atoms with Gasteiger partial charge in [0.2, 0.25) is 0 Å². The van der Waals surface area contributed by atoms with Crippen LogP contribution in [0, 0.1) is 6.92 Å². The van der Waals surface area contributed by atoms with Gasteiger partial charge in [-0.1, -0.05) is 24.3 Å². The zero-order chi connectivity index (χ0) is 16.7. The van der Waals surface area contributed by atoms with Crippen molar-refractivity contribution < 1.29 is 4.79 Å². The first-order valence-electron chi connectivity index (χ1n) is 8.25. The topological polar surface area (TPSA) is 25.2 Å². The lowest BCUT2D eigenvalue weighted by Gasteiger charge is -2.18. The van der Waals surface area contributed by atoms with Gasteiger partial charge in [-0.2, -0.15) is 0 Å². The number of aryl methyl sites for hydroxylation is 1. The molecule has 2 aromatic heterocycles. The number of fused-ring (bicyclic) bond motifs is 1. The van der Waals surface area contributed by atoms with Crippen molar-refractivity contribution in [2.24, 2.45) is 0 Å². The molecule has 0 spiro atoms. The van der Waals surface area contributed by atoms with Gasteiger partial charge in [0.15, 0.2) is 0 Å². The van der Waals surface area contributed by atoms with Crippen molar-refractivity contribution in [1.82, 2.24) is 9.47 Å².